The third-order valence-electron chi connectivity index (χ3n) is 3.99. The van der Waals surface area contributed by atoms with Crippen molar-refractivity contribution in [3.63, 3.8) is 0 Å². The molecule has 0 amide bonds. The molecule has 0 bridgehead atoms. The van der Waals surface area contributed by atoms with Crippen LogP contribution in [0.25, 0.3) is 0 Å². The van der Waals surface area contributed by atoms with Crippen molar-refractivity contribution >= 4 is 0 Å². The van der Waals surface area contributed by atoms with Gasteiger partial charge in [-0.2, -0.15) is 0 Å². The summed E-state index contributed by atoms with van der Waals surface area (Å²) in [6, 6.07) is 10.8. The highest BCUT2D eigenvalue weighted by molar-refractivity contribution is 5.21. The van der Waals surface area contributed by atoms with Crippen molar-refractivity contribution in [1.29, 1.82) is 0 Å². The number of hydrogen-bond donors (Lipinski definition) is 1. The van der Waals surface area contributed by atoms with Gasteiger partial charge in [0.05, 0.1) is 12.2 Å². The largest absolute Gasteiger partial charge is 0.374 e. The zero-order chi connectivity index (χ0) is 10.8. The highest BCUT2D eigenvalue weighted by Crippen LogP contribution is 2.41. The molecule has 2 nitrogen and oxygen atoms in total. The summed E-state index contributed by atoms with van der Waals surface area (Å²) in [5.74, 6) is 0.610. The zero-order valence-corrected chi connectivity index (χ0v) is 9.61. The molecule has 1 aromatic carbocycles. The van der Waals surface area contributed by atoms with Crippen molar-refractivity contribution < 1.29 is 4.74 Å². The number of piperidine rings is 1. The fraction of sp³-hybridized carbons (Fsp3) is 0.571. The Kier molecular flexibility index (Phi) is 2.70. The third kappa shape index (κ3) is 1.87. The average molecular weight is 217 g/mol. The van der Waals surface area contributed by atoms with E-state index in [2.05, 4.69) is 35.6 Å². The topological polar surface area (TPSA) is 21.3 Å². The SMILES string of the molecule is c1ccc([C@@H]2COC3(CCNCC3)C2)cc1. The van der Waals surface area contributed by atoms with E-state index in [9.17, 15) is 0 Å². The first-order valence-electron chi connectivity index (χ1n) is 6.28. The van der Waals surface area contributed by atoms with E-state index in [1.165, 1.54) is 24.8 Å². The van der Waals surface area contributed by atoms with E-state index >= 15 is 0 Å². The fourth-order valence-corrected chi connectivity index (χ4v) is 3.01. The van der Waals surface area contributed by atoms with Crippen LogP contribution >= 0.6 is 0 Å². The molecule has 86 valence electrons. The van der Waals surface area contributed by atoms with Gasteiger partial charge >= 0.3 is 0 Å². The van der Waals surface area contributed by atoms with E-state index in [0.29, 0.717) is 5.92 Å². The van der Waals surface area contributed by atoms with Crippen LogP contribution in [-0.4, -0.2) is 25.3 Å². The van der Waals surface area contributed by atoms with Crippen LogP contribution in [-0.2, 0) is 4.74 Å². The zero-order valence-electron chi connectivity index (χ0n) is 9.61. The summed E-state index contributed by atoms with van der Waals surface area (Å²) in [7, 11) is 0. The van der Waals surface area contributed by atoms with Crippen molar-refractivity contribution in [2.75, 3.05) is 19.7 Å². The predicted molar refractivity (Wildman–Crippen MR) is 64.6 cm³/mol. The summed E-state index contributed by atoms with van der Waals surface area (Å²) in [4.78, 5) is 0. The number of hydrogen-bond acceptors (Lipinski definition) is 2. The quantitative estimate of drug-likeness (QED) is 0.779. The lowest BCUT2D eigenvalue weighted by Crippen LogP contribution is -2.41. The second-order valence-corrected chi connectivity index (χ2v) is 5.06. The normalized spacial score (nSPS) is 28.4. The Morgan fingerprint density at radius 2 is 1.88 bits per heavy atom. The van der Waals surface area contributed by atoms with Crippen molar-refractivity contribution in [3.8, 4) is 0 Å². The molecule has 1 N–H and O–H groups in total. The van der Waals surface area contributed by atoms with Gasteiger partial charge < -0.3 is 10.1 Å². The maximum Gasteiger partial charge on any atom is 0.0713 e. The number of nitrogens with one attached hydrogen (secondary N) is 1. The summed E-state index contributed by atoms with van der Waals surface area (Å²) in [6.07, 6.45) is 3.56. The summed E-state index contributed by atoms with van der Waals surface area (Å²) >= 11 is 0. The second kappa shape index (κ2) is 4.19. The lowest BCUT2D eigenvalue weighted by atomic mass is 9.84. The van der Waals surface area contributed by atoms with Crippen molar-refractivity contribution in [2.45, 2.75) is 30.8 Å². The maximum atomic E-state index is 6.11. The molecule has 2 heteroatoms. The summed E-state index contributed by atoms with van der Waals surface area (Å²) in [5, 5.41) is 3.41. The van der Waals surface area contributed by atoms with Gasteiger partial charge in [-0.05, 0) is 37.9 Å². The lowest BCUT2D eigenvalue weighted by molar-refractivity contribution is -0.0193. The smallest absolute Gasteiger partial charge is 0.0713 e. The first-order valence-corrected chi connectivity index (χ1v) is 6.28. The first kappa shape index (κ1) is 10.3. The first-order chi connectivity index (χ1) is 7.88. The molecule has 1 aromatic rings. The standard InChI is InChI=1S/C14H19NO/c1-2-4-12(5-3-1)13-10-14(16-11-13)6-8-15-9-7-14/h1-5,13,15H,6-11H2/t13-/m0/s1. The molecule has 16 heavy (non-hydrogen) atoms. The van der Waals surface area contributed by atoms with E-state index in [4.69, 9.17) is 4.74 Å². The van der Waals surface area contributed by atoms with E-state index in [1.54, 1.807) is 0 Å². The number of ether oxygens (including phenoxy) is 1. The van der Waals surface area contributed by atoms with Crippen molar-refractivity contribution in [1.82, 2.24) is 5.32 Å². The molecule has 2 fully saturated rings. The summed E-state index contributed by atoms with van der Waals surface area (Å²) in [6.45, 7) is 3.13. The molecule has 2 saturated heterocycles. The highest BCUT2D eigenvalue weighted by Gasteiger charge is 2.41. The van der Waals surface area contributed by atoms with Gasteiger partial charge in [-0.3, -0.25) is 0 Å². The Hall–Kier alpha value is -0.860. The van der Waals surface area contributed by atoms with Crippen LogP contribution in [0.3, 0.4) is 0 Å². The monoisotopic (exact) mass is 217 g/mol. The molecule has 0 unspecified atom stereocenters. The van der Waals surface area contributed by atoms with Crippen LogP contribution in [0.4, 0.5) is 0 Å². The minimum absolute atomic E-state index is 0.186. The Bertz CT molecular complexity index is 343. The van der Waals surface area contributed by atoms with Gasteiger partial charge in [-0.25, -0.2) is 0 Å². The van der Waals surface area contributed by atoms with Gasteiger partial charge in [0.15, 0.2) is 0 Å². The lowest BCUT2D eigenvalue weighted by Gasteiger charge is -2.33. The molecular formula is C14H19NO. The Morgan fingerprint density at radius 1 is 1.12 bits per heavy atom. The minimum atomic E-state index is 0.186. The Morgan fingerprint density at radius 3 is 2.62 bits per heavy atom. The molecule has 0 aromatic heterocycles. The van der Waals surface area contributed by atoms with Gasteiger partial charge in [-0.1, -0.05) is 30.3 Å². The summed E-state index contributed by atoms with van der Waals surface area (Å²) < 4.78 is 6.11. The molecular weight excluding hydrogens is 198 g/mol. The average Bonchev–Trinajstić information content (AvgIpc) is 2.75. The van der Waals surface area contributed by atoms with Crippen LogP contribution in [0, 0.1) is 0 Å². The van der Waals surface area contributed by atoms with Crippen molar-refractivity contribution in [3.05, 3.63) is 35.9 Å². The van der Waals surface area contributed by atoms with Crippen molar-refractivity contribution in [2.24, 2.45) is 0 Å². The number of rotatable bonds is 1. The van der Waals surface area contributed by atoms with Gasteiger partial charge in [0.25, 0.3) is 0 Å². The molecule has 3 rings (SSSR count). The second-order valence-electron chi connectivity index (χ2n) is 5.06. The Balaban J connectivity index is 1.73. The van der Waals surface area contributed by atoms with Crippen LogP contribution in [0.1, 0.15) is 30.7 Å². The van der Waals surface area contributed by atoms with E-state index < -0.39 is 0 Å². The third-order valence-corrected chi connectivity index (χ3v) is 3.99. The fourth-order valence-electron chi connectivity index (χ4n) is 3.01. The molecule has 1 atom stereocenters. The molecule has 0 aliphatic carbocycles. The van der Waals surface area contributed by atoms with Gasteiger partial charge in [-0.15, -0.1) is 0 Å². The van der Waals surface area contributed by atoms with E-state index in [1.807, 2.05) is 0 Å². The molecule has 2 aliphatic rings. The molecule has 2 heterocycles. The molecule has 2 aliphatic heterocycles. The van der Waals surface area contributed by atoms with Crippen LogP contribution in [0.5, 0.6) is 0 Å². The van der Waals surface area contributed by atoms with Gasteiger partial charge in [0.1, 0.15) is 0 Å². The van der Waals surface area contributed by atoms with Gasteiger partial charge in [0.2, 0.25) is 0 Å². The molecule has 0 saturated carbocycles. The van der Waals surface area contributed by atoms with Crippen LogP contribution in [0.2, 0.25) is 0 Å². The van der Waals surface area contributed by atoms with E-state index in [-0.39, 0.29) is 5.60 Å². The summed E-state index contributed by atoms with van der Waals surface area (Å²) in [5.41, 5.74) is 1.63. The molecule has 0 radical (unpaired) electrons. The predicted octanol–water partition coefficient (Wildman–Crippen LogP) is 2.31. The van der Waals surface area contributed by atoms with Crippen LogP contribution < -0.4 is 5.32 Å². The Labute approximate surface area is 97.0 Å². The van der Waals surface area contributed by atoms with E-state index in [0.717, 1.165) is 19.7 Å². The van der Waals surface area contributed by atoms with Crippen LogP contribution in [0.15, 0.2) is 30.3 Å². The van der Waals surface area contributed by atoms with Gasteiger partial charge in [0, 0.05) is 5.92 Å². The minimum Gasteiger partial charge on any atom is -0.374 e. The maximum absolute atomic E-state index is 6.11. The highest BCUT2D eigenvalue weighted by atomic mass is 16.5. The molecule has 1 spiro atoms. The number of benzene rings is 1.